The van der Waals surface area contributed by atoms with E-state index >= 15 is 0 Å². The van der Waals surface area contributed by atoms with E-state index in [4.69, 9.17) is 45.3 Å². The zero-order valence-electron chi connectivity index (χ0n) is 16.5. The number of anilines is 1. The Balaban J connectivity index is 2.00. The van der Waals surface area contributed by atoms with Gasteiger partial charge in [0, 0.05) is 26.2 Å². The lowest BCUT2D eigenvalue weighted by atomic mass is 10.1. The summed E-state index contributed by atoms with van der Waals surface area (Å²) in [5, 5.41) is 34.0. The van der Waals surface area contributed by atoms with Crippen LogP contribution in [0.3, 0.4) is 0 Å². The minimum Gasteiger partial charge on any atom is -0.488 e. The zero-order valence-corrected chi connectivity index (χ0v) is 18.8. The fourth-order valence-electron chi connectivity index (χ4n) is 2.91. The minimum absolute atomic E-state index is 0.0451. The lowest BCUT2D eigenvalue weighted by Gasteiger charge is -2.11. The summed E-state index contributed by atoms with van der Waals surface area (Å²) in [6.45, 7) is 0.0236. The van der Waals surface area contributed by atoms with Crippen LogP contribution in [0.15, 0.2) is 36.4 Å². The largest absolute Gasteiger partial charge is 0.488 e. The summed E-state index contributed by atoms with van der Waals surface area (Å²) in [5.74, 6) is 0.507. The Hall–Kier alpha value is -3.20. The predicted molar refractivity (Wildman–Crippen MR) is 124 cm³/mol. The van der Waals surface area contributed by atoms with Crippen LogP contribution in [0, 0.1) is 22.7 Å². The van der Waals surface area contributed by atoms with E-state index in [1.165, 1.54) is 10.8 Å². The van der Waals surface area contributed by atoms with E-state index in [0.29, 0.717) is 26.4 Å². The van der Waals surface area contributed by atoms with Crippen LogP contribution in [-0.4, -0.2) is 21.5 Å². The van der Waals surface area contributed by atoms with E-state index in [2.05, 4.69) is 5.10 Å². The molecule has 7 nitrogen and oxygen atoms in total. The summed E-state index contributed by atoms with van der Waals surface area (Å²) in [7, 11) is 0. The first-order valence-electron chi connectivity index (χ1n) is 9.23. The van der Waals surface area contributed by atoms with E-state index in [1.807, 2.05) is 12.1 Å². The maximum Gasteiger partial charge on any atom is 0.140 e. The number of aliphatic hydroxyl groups excluding tert-OH is 1. The Labute approximate surface area is 199 Å². The molecule has 0 bridgehead atoms. The topological polar surface area (TPSA) is 121 Å². The highest BCUT2D eigenvalue weighted by atomic mass is 35.5. The number of nitrogens with zero attached hydrogens (tertiary/aromatic N) is 4. The smallest absolute Gasteiger partial charge is 0.140 e. The Morgan fingerprint density at radius 1 is 1.16 bits per heavy atom. The summed E-state index contributed by atoms with van der Waals surface area (Å²) in [5.41, 5.74) is 7.40. The molecule has 0 aliphatic heterocycles. The van der Waals surface area contributed by atoms with Crippen LogP contribution in [-0.2, 0) is 13.2 Å². The first-order valence-corrected chi connectivity index (χ1v) is 10.4. The lowest BCUT2D eigenvalue weighted by Crippen LogP contribution is -2.07. The molecule has 2 aromatic carbocycles. The van der Waals surface area contributed by atoms with E-state index in [9.17, 15) is 15.6 Å². The normalized spacial score (nSPS) is 11.1. The molecule has 10 heteroatoms. The minimum atomic E-state index is -0.221. The number of halogens is 3. The third kappa shape index (κ3) is 5.16. The molecule has 3 N–H and O–H groups in total. The van der Waals surface area contributed by atoms with Gasteiger partial charge >= 0.3 is 0 Å². The van der Waals surface area contributed by atoms with Gasteiger partial charge < -0.3 is 15.6 Å². The number of aromatic nitrogens is 2. The van der Waals surface area contributed by atoms with E-state index in [-0.39, 0.29) is 42.4 Å². The average Bonchev–Trinajstić information content (AvgIpc) is 3.07. The maximum atomic E-state index is 9.75. The molecule has 0 spiro atoms. The molecule has 3 rings (SSSR count). The number of ether oxygens (including phenoxy) is 1. The van der Waals surface area contributed by atoms with Crippen LogP contribution < -0.4 is 10.5 Å². The molecule has 0 atom stereocenters. The number of rotatable bonds is 7. The van der Waals surface area contributed by atoms with Crippen LogP contribution >= 0.6 is 34.8 Å². The van der Waals surface area contributed by atoms with Crippen LogP contribution in [0.4, 0.5) is 5.82 Å². The standard InChI is InChI=1S/C22H16Cl3N5O2/c23-16-3-4-20(32-12-13-1-2-17(24)9-19(13)25)14(8-16)7-15(10-26)21-18(11-27)22(28)30(29-21)5-6-31/h1-4,7-9,31H,5-6,12,28H2/b15-7+. The van der Waals surface area contributed by atoms with Crippen molar-refractivity contribution in [2.75, 3.05) is 12.3 Å². The molecule has 1 heterocycles. The lowest BCUT2D eigenvalue weighted by molar-refractivity contribution is 0.270. The molecule has 0 unspecified atom stereocenters. The molecule has 0 radical (unpaired) electrons. The van der Waals surface area contributed by atoms with Gasteiger partial charge in [0.05, 0.1) is 18.7 Å². The number of nitrogen functional groups attached to an aromatic ring is 1. The van der Waals surface area contributed by atoms with Gasteiger partial charge in [-0.25, -0.2) is 4.68 Å². The first kappa shape index (κ1) is 23.5. The van der Waals surface area contributed by atoms with Crippen molar-refractivity contribution in [3.63, 3.8) is 0 Å². The molecule has 1 aromatic heterocycles. The molecular weight excluding hydrogens is 473 g/mol. The highest BCUT2D eigenvalue weighted by Crippen LogP contribution is 2.31. The quantitative estimate of drug-likeness (QED) is 0.455. The summed E-state index contributed by atoms with van der Waals surface area (Å²) < 4.78 is 7.19. The van der Waals surface area contributed by atoms with Crippen molar-refractivity contribution in [3.8, 4) is 17.9 Å². The van der Waals surface area contributed by atoms with Gasteiger partial charge in [-0.05, 0) is 36.4 Å². The van der Waals surface area contributed by atoms with Gasteiger partial charge in [-0.2, -0.15) is 15.6 Å². The van der Waals surface area contributed by atoms with Crippen molar-refractivity contribution in [1.82, 2.24) is 9.78 Å². The maximum absolute atomic E-state index is 9.75. The molecule has 32 heavy (non-hydrogen) atoms. The molecule has 0 aliphatic rings. The van der Waals surface area contributed by atoms with Crippen LogP contribution in [0.5, 0.6) is 5.75 Å². The molecule has 0 amide bonds. The second-order valence-electron chi connectivity index (χ2n) is 6.54. The highest BCUT2D eigenvalue weighted by Gasteiger charge is 2.19. The van der Waals surface area contributed by atoms with E-state index in [0.717, 1.165) is 5.56 Å². The summed E-state index contributed by atoms with van der Waals surface area (Å²) >= 11 is 18.3. The Morgan fingerprint density at radius 3 is 2.53 bits per heavy atom. The number of hydrogen-bond donors (Lipinski definition) is 2. The molecular formula is C22H16Cl3N5O2. The Morgan fingerprint density at radius 2 is 1.88 bits per heavy atom. The van der Waals surface area contributed by atoms with Crippen molar-refractivity contribution >= 4 is 52.3 Å². The molecule has 0 aliphatic carbocycles. The van der Waals surface area contributed by atoms with Gasteiger partial charge in [-0.1, -0.05) is 40.9 Å². The highest BCUT2D eigenvalue weighted by molar-refractivity contribution is 6.35. The summed E-state index contributed by atoms with van der Waals surface area (Å²) in [6, 6.07) is 14.0. The predicted octanol–water partition coefficient (Wildman–Crippen LogP) is 4.93. The average molecular weight is 489 g/mol. The number of nitrogens with two attached hydrogens (primary N) is 1. The fraction of sp³-hybridized carbons (Fsp3) is 0.136. The number of hydrogen-bond acceptors (Lipinski definition) is 6. The molecule has 3 aromatic rings. The van der Waals surface area contributed by atoms with Crippen molar-refractivity contribution in [2.45, 2.75) is 13.2 Å². The van der Waals surface area contributed by atoms with Crippen molar-refractivity contribution in [2.24, 2.45) is 0 Å². The van der Waals surface area contributed by atoms with Crippen molar-refractivity contribution in [1.29, 1.82) is 10.5 Å². The third-order valence-electron chi connectivity index (χ3n) is 4.46. The SMILES string of the molecule is N#C/C(=C\c1cc(Cl)ccc1OCc1ccc(Cl)cc1Cl)c1nn(CCO)c(N)c1C#N. The van der Waals surface area contributed by atoms with Gasteiger partial charge in [-0.15, -0.1) is 0 Å². The van der Waals surface area contributed by atoms with E-state index < -0.39 is 0 Å². The van der Waals surface area contributed by atoms with Gasteiger partial charge in [-0.3, -0.25) is 0 Å². The molecule has 0 fully saturated rings. The van der Waals surface area contributed by atoms with Gasteiger partial charge in [0.25, 0.3) is 0 Å². The van der Waals surface area contributed by atoms with Crippen LogP contribution in [0.25, 0.3) is 11.6 Å². The Bertz CT molecular complexity index is 1270. The van der Waals surface area contributed by atoms with Crippen LogP contribution in [0.1, 0.15) is 22.4 Å². The van der Waals surface area contributed by atoms with Gasteiger partial charge in [0.1, 0.15) is 41.6 Å². The second-order valence-corrected chi connectivity index (χ2v) is 7.82. The van der Waals surface area contributed by atoms with Crippen molar-refractivity contribution in [3.05, 3.63) is 73.9 Å². The molecule has 0 saturated carbocycles. The van der Waals surface area contributed by atoms with Crippen LogP contribution in [0.2, 0.25) is 15.1 Å². The number of allylic oxidation sites excluding steroid dienone is 1. The van der Waals surface area contributed by atoms with Gasteiger partial charge in [0.15, 0.2) is 0 Å². The number of nitriles is 2. The number of benzene rings is 2. The molecule has 162 valence electrons. The fourth-order valence-corrected chi connectivity index (χ4v) is 3.55. The second kappa shape index (κ2) is 10.4. The monoisotopic (exact) mass is 487 g/mol. The van der Waals surface area contributed by atoms with Crippen molar-refractivity contribution < 1.29 is 9.84 Å². The third-order valence-corrected chi connectivity index (χ3v) is 5.28. The van der Waals surface area contributed by atoms with E-state index in [1.54, 1.807) is 36.4 Å². The summed E-state index contributed by atoms with van der Waals surface area (Å²) in [4.78, 5) is 0. The zero-order chi connectivity index (χ0) is 23.3. The Kier molecular flexibility index (Phi) is 7.63. The number of aliphatic hydroxyl groups is 1. The summed E-state index contributed by atoms with van der Waals surface area (Å²) in [6.07, 6.45) is 1.51. The first-order chi connectivity index (χ1) is 15.4. The molecule has 0 saturated heterocycles. The van der Waals surface area contributed by atoms with Gasteiger partial charge in [0.2, 0.25) is 0 Å².